The summed E-state index contributed by atoms with van der Waals surface area (Å²) < 4.78 is 0. The van der Waals surface area contributed by atoms with Gasteiger partial charge in [-0.3, -0.25) is 4.98 Å². The van der Waals surface area contributed by atoms with Crippen molar-refractivity contribution in [3.8, 4) is 0 Å². The summed E-state index contributed by atoms with van der Waals surface area (Å²) in [6, 6.07) is 5.54. The summed E-state index contributed by atoms with van der Waals surface area (Å²) in [5, 5.41) is 3.03. The Labute approximate surface area is 135 Å². The van der Waals surface area contributed by atoms with Crippen molar-refractivity contribution in [2.24, 2.45) is 0 Å². The van der Waals surface area contributed by atoms with Crippen molar-refractivity contribution in [2.45, 2.75) is 13.0 Å². The van der Waals surface area contributed by atoms with Crippen LogP contribution in [0.1, 0.15) is 18.5 Å². The van der Waals surface area contributed by atoms with Crippen molar-refractivity contribution in [3.05, 3.63) is 48.5 Å². The lowest BCUT2D eigenvalue weighted by molar-refractivity contribution is 0.191. The van der Waals surface area contributed by atoms with E-state index in [0.717, 1.165) is 24.6 Å². The zero-order valence-electron chi connectivity index (χ0n) is 13.1. The van der Waals surface area contributed by atoms with Gasteiger partial charge in [0.15, 0.2) is 0 Å². The summed E-state index contributed by atoms with van der Waals surface area (Å²) in [5.74, 6) is 0.720. The van der Waals surface area contributed by atoms with Crippen molar-refractivity contribution in [2.75, 3.05) is 31.1 Å². The van der Waals surface area contributed by atoms with Gasteiger partial charge in [-0.2, -0.15) is 0 Å². The molecule has 1 aliphatic heterocycles. The van der Waals surface area contributed by atoms with Crippen LogP contribution in [0.5, 0.6) is 0 Å². The molecule has 7 heteroatoms. The van der Waals surface area contributed by atoms with Crippen molar-refractivity contribution >= 4 is 12.0 Å². The molecule has 3 heterocycles. The fourth-order valence-electron chi connectivity index (χ4n) is 2.58. The summed E-state index contributed by atoms with van der Waals surface area (Å²) in [7, 11) is 0. The fourth-order valence-corrected chi connectivity index (χ4v) is 2.58. The van der Waals surface area contributed by atoms with Gasteiger partial charge in [0.05, 0.1) is 6.04 Å². The zero-order valence-corrected chi connectivity index (χ0v) is 13.1. The molecule has 23 heavy (non-hydrogen) atoms. The van der Waals surface area contributed by atoms with Crippen LogP contribution in [0.4, 0.5) is 10.7 Å². The second kappa shape index (κ2) is 7.04. The Balaban J connectivity index is 1.52. The van der Waals surface area contributed by atoms with Crippen LogP contribution in [0, 0.1) is 0 Å². The first-order valence-corrected chi connectivity index (χ1v) is 7.71. The Morgan fingerprint density at radius 3 is 2.39 bits per heavy atom. The van der Waals surface area contributed by atoms with Crippen LogP contribution < -0.4 is 10.2 Å². The number of rotatable bonds is 3. The number of hydrogen-bond donors (Lipinski definition) is 1. The zero-order chi connectivity index (χ0) is 16.1. The van der Waals surface area contributed by atoms with E-state index in [-0.39, 0.29) is 12.1 Å². The Morgan fingerprint density at radius 1 is 1.09 bits per heavy atom. The molecular weight excluding hydrogens is 292 g/mol. The molecule has 3 rings (SSSR count). The number of pyridine rings is 1. The third kappa shape index (κ3) is 3.74. The number of aromatic nitrogens is 3. The highest BCUT2D eigenvalue weighted by Crippen LogP contribution is 2.13. The predicted octanol–water partition coefficient (Wildman–Crippen LogP) is 1.46. The molecule has 0 aromatic carbocycles. The number of urea groups is 1. The largest absolute Gasteiger partial charge is 0.337 e. The van der Waals surface area contributed by atoms with E-state index in [1.165, 1.54) is 0 Å². The average molecular weight is 312 g/mol. The van der Waals surface area contributed by atoms with Gasteiger partial charge in [-0.15, -0.1) is 0 Å². The van der Waals surface area contributed by atoms with Gasteiger partial charge < -0.3 is 15.1 Å². The summed E-state index contributed by atoms with van der Waals surface area (Å²) in [6.45, 7) is 4.77. The molecule has 1 aliphatic rings. The highest BCUT2D eigenvalue weighted by Gasteiger charge is 2.23. The molecule has 7 nitrogen and oxygen atoms in total. The van der Waals surface area contributed by atoms with Crippen molar-refractivity contribution < 1.29 is 4.79 Å². The standard InChI is InChI=1S/C16H20N6O/c1-13(14-3-7-17-8-4-14)20-16(23)22-11-9-21(10-12-22)15-18-5-2-6-19-15/h2-8,13H,9-12H2,1H3,(H,20,23)/t13-/m1/s1. The quantitative estimate of drug-likeness (QED) is 0.929. The van der Waals surface area contributed by atoms with Gasteiger partial charge in [0.1, 0.15) is 0 Å². The summed E-state index contributed by atoms with van der Waals surface area (Å²) in [6.07, 6.45) is 6.93. The smallest absolute Gasteiger partial charge is 0.317 e. The number of nitrogens with zero attached hydrogens (tertiary/aromatic N) is 5. The molecule has 0 saturated carbocycles. The molecule has 1 N–H and O–H groups in total. The number of piperazine rings is 1. The highest BCUT2D eigenvalue weighted by molar-refractivity contribution is 5.75. The third-order valence-corrected chi connectivity index (χ3v) is 3.95. The molecule has 2 amide bonds. The van der Waals surface area contributed by atoms with Gasteiger partial charge in [0.25, 0.3) is 0 Å². The summed E-state index contributed by atoms with van der Waals surface area (Å²) >= 11 is 0. The Bertz CT molecular complexity index is 628. The maximum absolute atomic E-state index is 12.4. The van der Waals surface area contributed by atoms with Crippen LogP contribution >= 0.6 is 0 Å². The van der Waals surface area contributed by atoms with E-state index in [1.54, 1.807) is 30.9 Å². The normalized spacial score (nSPS) is 16.0. The van der Waals surface area contributed by atoms with E-state index < -0.39 is 0 Å². The van der Waals surface area contributed by atoms with Gasteiger partial charge in [0, 0.05) is 51.0 Å². The molecule has 2 aromatic rings. The van der Waals surface area contributed by atoms with E-state index in [4.69, 9.17) is 0 Å². The number of nitrogens with one attached hydrogen (secondary N) is 1. The monoisotopic (exact) mass is 312 g/mol. The molecule has 1 atom stereocenters. The lowest BCUT2D eigenvalue weighted by Gasteiger charge is -2.35. The number of carbonyl (C=O) groups excluding carboxylic acids is 1. The highest BCUT2D eigenvalue weighted by atomic mass is 16.2. The molecule has 0 unspecified atom stereocenters. The lowest BCUT2D eigenvalue weighted by atomic mass is 10.1. The summed E-state index contributed by atoms with van der Waals surface area (Å²) in [5.41, 5.74) is 1.05. The van der Waals surface area contributed by atoms with E-state index in [2.05, 4.69) is 25.2 Å². The second-order valence-electron chi connectivity index (χ2n) is 5.47. The SMILES string of the molecule is C[C@@H](NC(=O)N1CCN(c2ncccn2)CC1)c1ccncc1. The van der Waals surface area contributed by atoms with Crippen LogP contribution in [0.3, 0.4) is 0 Å². The molecular formula is C16H20N6O. The van der Waals surface area contributed by atoms with Gasteiger partial charge in [-0.1, -0.05) is 0 Å². The van der Waals surface area contributed by atoms with Crippen LogP contribution in [0.2, 0.25) is 0 Å². The Hall–Kier alpha value is -2.70. The van der Waals surface area contributed by atoms with Gasteiger partial charge >= 0.3 is 6.03 Å². The lowest BCUT2D eigenvalue weighted by Crippen LogP contribution is -2.52. The third-order valence-electron chi connectivity index (χ3n) is 3.95. The van der Waals surface area contributed by atoms with Crippen LogP contribution in [0.25, 0.3) is 0 Å². The van der Waals surface area contributed by atoms with E-state index in [1.807, 2.05) is 24.0 Å². The minimum Gasteiger partial charge on any atom is -0.337 e. The van der Waals surface area contributed by atoms with Crippen molar-refractivity contribution in [1.82, 2.24) is 25.2 Å². The number of carbonyl (C=O) groups is 1. The molecule has 0 radical (unpaired) electrons. The van der Waals surface area contributed by atoms with E-state index in [9.17, 15) is 4.79 Å². The molecule has 1 fully saturated rings. The Kier molecular flexibility index (Phi) is 4.65. The minimum atomic E-state index is -0.0408. The Morgan fingerprint density at radius 2 is 1.74 bits per heavy atom. The van der Waals surface area contributed by atoms with Gasteiger partial charge in [-0.25, -0.2) is 14.8 Å². The number of amides is 2. The number of hydrogen-bond acceptors (Lipinski definition) is 5. The van der Waals surface area contributed by atoms with Gasteiger partial charge in [0.2, 0.25) is 5.95 Å². The average Bonchev–Trinajstić information content (AvgIpc) is 2.63. The maximum Gasteiger partial charge on any atom is 0.317 e. The maximum atomic E-state index is 12.4. The molecule has 0 spiro atoms. The van der Waals surface area contributed by atoms with Crippen molar-refractivity contribution in [1.29, 1.82) is 0 Å². The van der Waals surface area contributed by atoms with Crippen LogP contribution in [-0.4, -0.2) is 52.1 Å². The first-order chi connectivity index (χ1) is 11.2. The molecule has 0 aliphatic carbocycles. The first-order valence-electron chi connectivity index (χ1n) is 7.71. The second-order valence-corrected chi connectivity index (χ2v) is 5.47. The molecule has 2 aromatic heterocycles. The van der Waals surface area contributed by atoms with Crippen molar-refractivity contribution in [3.63, 3.8) is 0 Å². The van der Waals surface area contributed by atoms with E-state index in [0.29, 0.717) is 13.1 Å². The minimum absolute atomic E-state index is 0.0389. The fraction of sp³-hybridized carbons (Fsp3) is 0.375. The molecule has 120 valence electrons. The topological polar surface area (TPSA) is 74.2 Å². The van der Waals surface area contributed by atoms with Crippen LogP contribution in [0.15, 0.2) is 43.0 Å². The molecule has 1 saturated heterocycles. The molecule has 0 bridgehead atoms. The van der Waals surface area contributed by atoms with Crippen LogP contribution in [-0.2, 0) is 0 Å². The first kappa shape index (κ1) is 15.2. The number of anilines is 1. The summed E-state index contributed by atoms with van der Waals surface area (Å²) in [4.78, 5) is 28.8. The predicted molar refractivity (Wildman–Crippen MR) is 87.0 cm³/mol. The van der Waals surface area contributed by atoms with E-state index >= 15 is 0 Å². The van der Waals surface area contributed by atoms with Gasteiger partial charge in [-0.05, 0) is 30.7 Å².